The third kappa shape index (κ3) is 10.2. The maximum atomic E-state index is 13.0. The third-order valence-electron chi connectivity index (χ3n) is 6.28. The number of carbonyl (C=O) groups excluding carboxylic acids is 5. The van der Waals surface area contributed by atoms with Gasteiger partial charge in [-0.05, 0) is 95.5 Å². The summed E-state index contributed by atoms with van der Waals surface area (Å²) in [6, 6.07) is 12.6. The minimum atomic E-state index is -1.08. The summed E-state index contributed by atoms with van der Waals surface area (Å²) in [5, 5.41) is 13.5. The van der Waals surface area contributed by atoms with Gasteiger partial charge in [-0.25, -0.2) is 14.5 Å². The normalized spacial score (nSPS) is 16.7. The molecule has 1 fully saturated rings. The number of nitrogens with two attached hydrogens (primary N) is 1. The fraction of sp³-hybridized carbons (Fsp3) is 0.433. The number of carbonyl (C=O) groups is 5. The number of anilines is 2. The minimum absolute atomic E-state index is 0.0568. The first kappa shape index (κ1) is 32.7. The highest BCUT2D eigenvalue weighted by Gasteiger charge is 2.48. The van der Waals surface area contributed by atoms with Crippen molar-refractivity contribution in [3.8, 4) is 0 Å². The number of benzene rings is 2. The van der Waals surface area contributed by atoms with Crippen LogP contribution in [0.3, 0.4) is 0 Å². The van der Waals surface area contributed by atoms with E-state index in [0.29, 0.717) is 29.2 Å². The Morgan fingerprint density at radius 2 is 1.58 bits per heavy atom. The Morgan fingerprint density at radius 3 is 2.16 bits per heavy atom. The zero-order chi connectivity index (χ0) is 31.6. The molecule has 0 aliphatic carbocycles. The van der Waals surface area contributed by atoms with Crippen molar-refractivity contribution >= 4 is 52.5 Å². The van der Waals surface area contributed by atoms with Crippen LogP contribution in [-0.4, -0.2) is 59.5 Å². The largest absolute Gasteiger partial charge is 0.464 e. The van der Waals surface area contributed by atoms with Crippen LogP contribution < -0.4 is 16.4 Å². The number of likely N-dealkylation sites (tertiary alicyclic amines) is 1. The highest BCUT2D eigenvalue weighted by Crippen LogP contribution is 2.31. The molecule has 13 nitrogen and oxygen atoms in total. The van der Waals surface area contributed by atoms with E-state index in [-0.39, 0.29) is 38.3 Å². The minimum Gasteiger partial charge on any atom is -0.464 e. The number of rotatable bonds is 11. The summed E-state index contributed by atoms with van der Waals surface area (Å²) in [6.45, 7) is 6.49. The second-order valence-corrected chi connectivity index (χ2v) is 10.9. The summed E-state index contributed by atoms with van der Waals surface area (Å²) >= 11 is 0. The summed E-state index contributed by atoms with van der Waals surface area (Å²) in [5.74, 6) is -2.65. The predicted molar refractivity (Wildman–Crippen MR) is 159 cm³/mol. The van der Waals surface area contributed by atoms with Crippen molar-refractivity contribution in [2.45, 2.75) is 65.0 Å². The lowest BCUT2D eigenvalue weighted by Crippen LogP contribution is -2.46. The highest BCUT2D eigenvalue weighted by atomic mass is 16.6. The molecule has 0 radical (unpaired) electrons. The van der Waals surface area contributed by atoms with E-state index >= 15 is 0 Å². The van der Waals surface area contributed by atoms with Crippen molar-refractivity contribution in [2.75, 3.05) is 24.2 Å². The van der Waals surface area contributed by atoms with E-state index in [4.69, 9.17) is 15.2 Å². The van der Waals surface area contributed by atoms with E-state index in [1.54, 1.807) is 76.2 Å². The Balaban J connectivity index is 1.42. The molecule has 1 aliphatic rings. The first-order valence-corrected chi connectivity index (χ1v) is 14.0. The van der Waals surface area contributed by atoms with E-state index in [0.717, 1.165) is 4.90 Å². The lowest BCUT2D eigenvalue weighted by atomic mass is 9.98. The molecule has 4 N–H and O–H groups in total. The zero-order valence-corrected chi connectivity index (χ0v) is 24.8. The second kappa shape index (κ2) is 14.9. The Labute approximate surface area is 250 Å². The average Bonchev–Trinajstić information content (AvgIpc) is 3.28. The Hall–Kier alpha value is -4.81. The first-order valence-electron chi connectivity index (χ1n) is 14.0. The molecule has 0 aromatic heterocycles. The van der Waals surface area contributed by atoms with Gasteiger partial charge in [0.2, 0.25) is 17.7 Å². The summed E-state index contributed by atoms with van der Waals surface area (Å²) in [7, 11) is 0. The average molecular weight is 595 g/mol. The predicted octanol–water partition coefficient (Wildman–Crippen LogP) is 4.62. The monoisotopic (exact) mass is 594 g/mol. The van der Waals surface area contributed by atoms with Crippen LogP contribution >= 0.6 is 0 Å². The number of imide groups is 1. The molecule has 43 heavy (non-hydrogen) atoms. The summed E-state index contributed by atoms with van der Waals surface area (Å²) in [6.07, 6.45) is -0.174. The van der Waals surface area contributed by atoms with Crippen molar-refractivity contribution in [3.63, 3.8) is 0 Å². The SMILES string of the molecule is CCOC(=O)[C@@H]1C[C@@H](CCCC(=O)NCC(=O)Nc2ccc(/N=N/c3ccc(N)cc3)cc2)C(=O)N1C(=O)OC(C)(C)C. The molecule has 2 aromatic rings. The number of nitrogens with one attached hydrogen (secondary N) is 2. The van der Waals surface area contributed by atoms with Gasteiger partial charge in [-0.2, -0.15) is 10.2 Å². The number of hydrogen-bond donors (Lipinski definition) is 3. The zero-order valence-electron chi connectivity index (χ0n) is 24.8. The molecule has 230 valence electrons. The molecule has 1 heterocycles. The maximum absolute atomic E-state index is 13.0. The van der Waals surface area contributed by atoms with Crippen LogP contribution in [0.5, 0.6) is 0 Å². The van der Waals surface area contributed by atoms with Gasteiger partial charge in [-0.1, -0.05) is 0 Å². The van der Waals surface area contributed by atoms with E-state index in [1.807, 2.05) is 0 Å². The van der Waals surface area contributed by atoms with Gasteiger partial charge in [0.15, 0.2) is 0 Å². The summed E-state index contributed by atoms with van der Waals surface area (Å²) in [5.41, 5.74) is 7.20. The fourth-order valence-corrected chi connectivity index (χ4v) is 4.29. The van der Waals surface area contributed by atoms with Gasteiger partial charge in [0.25, 0.3) is 0 Å². The molecule has 1 aliphatic heterocycles. The van der Waals surface area contributed by atoms with Gasteiger partial charge in [-0.15, -0.1) is 0 Å². The Kier molecular flexibility index (Phi) is 11.3. The molecular formula is C30H38N6O7. The Bertz CT molecular complexity index is 1340. The smallest absolute Gasteiger partial charge is 0.417 e. The molecule has 2 aromatic carbocycles. The van der Waals surface area contributed by atoms with E-state index < -0.39 is 41.4 Å². The van der Waals surface area contributed by atoms with Crippen molar-refractivity contribution in [1.82, 2.24) is 10.2 Å². The molecule has 0 saturated carbocycles. The molecular weight excluding hydrogens is 556 g/mol. The van der Waals surface area contributed by atoms with Gasteiger partial charge in [0.1, 0.15) is 11.6 Å². The van der Waals surface area contributed by atoms with Gasteiger partial charge in [-0.3, -0.25) is 14.4 Å². The van der Waals surface area contributed by atoms with Crippen molar-refractivity contribution in [3.05, 3.63) is 48.5 Å². The molecule has 3 rings (SSSR count). The van der Waals surface area contributed by atoms with E-state index in [1.165, 1.54) is 0 Å². The van der Waals surface area contributed by atoms with Crippen molar-refractivity contribution < 1.29 is 33.4 Å². The molecule has 0 unspecified atom stereocenters. The molecule has 13 heteroatoms. The number of ether oxygens (including phenoxy) is 2. The summed E-state index contributed by atoms with van der Waals surface area (Å²) in [4.78, 5) is 63.6. The van der Waals surface area contributed by atoms with Crippen LogP contribution in [0.2, 0.25) is 0 Å². The number of esters is 1. The van der Waals surface area contributed by atoms with Crippen LogP contribution in [0.1, 0.15) is 53.4 Å². The van der Waals surface area contributed by atoms with Gasteiger partial charge >= 0.3 is 12.1 Å². The lowest BCUT2D eigenvalue weighted by Gasteiger charge is -2.26. The molecule has 4 amide bonds. The maximum Gasteiger partial charge on any atom is 0.417 e. The van der Waals surface area contributed by atoms with Crippen LogP contribution in [0.15, 0.2) is 58.8 Å². The van der Waals surface area contributed by atoms with Crippen molar-refractivity contribution in [2.24, 2.45) is 16.1 Å². The van der Waals surface area contributed by atoms with Crippen LogP contribution in [0, 0.1) is 5.92 Å². The van der Waals surface area contributed by atoms with Crippen LogP contribution in [0.25, 0.3) is 0 Å². The number of hydrogen-bond acceptors (Lipinski definition) is 10. The topological polar surface area (TPSA) is 182 Å². The number of azo groups is 1. The molecule has 0 bridgehead atoms. The van der Waals surface area contributed by atoms with Gasteiger partial charge in [0.05, 0.1) is 24.5 Å². The van der Waals surface area contributed by atoms with Gasteiger partial charge in [0, 0.05) is 23.7 Å². The highest BCUT2D eigenvalue weighted by molar-refractivity contribution is 6.00. The van der Waals surface area contributed by atoms with Crippen molar-refractivity contribution in [1.29, 1.82) is 0 Å². The fourth-order valence-electron chi connectivity index (χ4n) is 4.29. The number of nitrogen functional groups attached to an aromatic ring is 1. The first-order chi connectivity index (χ1) is 20.4. The Morgan fingerprint density at radius 1 is 0.977 bits per heavy atom. The number of amides is 4. The molecule has 1 saturated heterocycles. The van der Waals surface area contributed by atoms with Crippen LogP contribution in [0.4, 0.5) is 27.5 Å². The standard InChI is InChI=1S/C30H38N6O7/c1-5-42-28(40)24-17-19(27(39)36(24)29(41)43-30(2,3)4)7-6-8-25(37)32-18-26(38)33-21-13-15-23(16-14-21)35-34-22-11-9-20(31)10-12-22/h9-16,19,24H,5-8,17-18,31H2,1-4H3,(H,32,37)(H,33,38)/b35-34+/t19-,24+/m1/s1. The third-order valence-corrected chi connectivity index (χ3v) is 6.28. The molecule has 2 atom stereocenters. The van der Waals surface area contributed by atoms with Gasteiger partial charge < -0.3 is 25.8 Å². The second-order valence-electron chi connectivity index (χ2n) is 10.9. The lowest BCUT2D eigenvalue weighted by molar-refractivity contribution is -0.151. The molecule has 0 spiro atoms. The summed E-state index contributed by atoms with van der Waals surface area (Å²) < 4.78 is 10.4. The quantitative estimate of drug-likeness (QED) is 0.191. The number of nitrogens with zero attached hydrogens (tertiary/aromatic N) is 3. The van der Waals surface area contributed by atoms with Crippen LogP contribution in [-0.2, 0) is 28.7 Å². The van der Waals surface area contributed by atoms with E-state index in [2.05, 4.69) is 20.9 Å². The van der Waals surface area contributed by atoms with E-state index in [9.17, 15) is 24.0 Å².